The predicted octanol–water partition coefficient (Wildman–Crippen LogP) is 6.33. The van der Waals surface area contributed by atoms with E-state index in [1.165, 1.54) is 24.3 Å². The minimum absolute atomic E-state index is 0.166. The zero-order chi connectivity index (χ0) is 23.5. The number of carbonyl (C=O) groups is 1. The molecule has 33 heavy (non-hydrogen) atoms. The number of anilines is 1. The van der Waals surface area contributed by atoms with Gasteiger partial charge in [-0.2, -0.15) is 8.78 Å². The average molecular weight is 463 g/mol. The van der Waals surface area contributed by atoms with Crippen LogP contribution >= 0.6 is 0 Å². The number of ether oxygens (including phenoxy) is 1. The summed E-state index contributed by atoms with van der Waals surface area (Å²) in [6, 6.07) is 8.50. The van der Waals surface area contributed by atoms with Crippen molar-refractivity contribution >= 4 is 11.7 Å². The number of hydrogen-bond acceptors (Lipinski definition) is 3. The molecule has 3 aromatic rings. The highest BCUT2D eigenvalue weighted by Gasteiger charge is 2.29. The number of aromatic nitrogens is 1. The summed E-state index contributed by atoms with van der Waals surface area (Å²) >= 11 is 0. The van der Waals surface area contributed by atoms with Crippen LogP contribution in [0.15, 0.2) is 48.8 Å². The van der Waals surface area contributed by atoms with E-state index in [4.69, 9.17) is 4.74 Å². The number of benzene rings is 2. The van der Waals surface area contributed by atoms with Gasteiger partial charge in [-0.15, -0.1) is 0 Å². The number of piperidine rings is 1. The molecule has 4 rings (SSSR count). The van der Waals surface area contributed by atoms with Crippen LogP contribution in [0.4, 0.5) is 32.4 Å². The molecular weight excluding hydrogens is 445 g/mol. The Labute approximate surface area is 185 Å². The molecular formula is C23H18F5N3O2. The van der Waals surface area contributed by atoms with Gasteiger partial charge in [0, 0.05) is 30.7 Å². The molecule has 2 aromatic carbocycles. The van der Waals surface area contributed by atoms with Gasteiger partial charge in [-0.05, 0) is 43.0 Å². The minimum atomic E-state index is -2.27. The van der Waals surface area contributed by atoms with Gasteiger partial charge in [-0.25, -0.2) is 18.0 Å². The predicted molar refractivity (Wildman–Crippen MR) is 109 cm³/mol. The quantitative estimate of drug-likeness (QED) is 0.280. The number of halogens is 5. The van der Waals surface area contributed by atoms with E-state index in [0.717, 1.165) is 24.8 Å². The highest BCUT2D eigenvalue weighted by Crippen LogP contribution is 2.34. The van der Waals surface area contributed by atoms with Crippen molar-refractivity contribution in [2.75, 3.05) is 11.9 Å². The first kappa shape index (κ1) is 22.5. The van der Waals surface area contributed by atoms with E-state index < -0.39 is 40.9 Å². The number of pyridine rings is 1. The lowest BCUT2D eigenvalue weighted by molar-refractivity contribution is 0.163. The number of likely N-dealkylation sites (tertiary alicyclic amines) is 1. The average Bonchev–Trinajstić information content (AvgIpc) is 2.85. The third-order valence-electron chi connectivity index (χ3n) is 5.31. The van der Waals surface area contributed by atoms with E-state index in [1.54, 1.807) is 23.4 Å². The number of urea groups is 1. The van der Waals surface area contributed by atoms with Gasteiger partial charge in [0.1, 0.15) is 5.75 Å². The fourth-order valence-corrected chi connectivity index (χ4v) is 3.72. The van der Waals surface area contributed by atoms with Gasteiger partial charge >= 0.3 is 6.03 Å². The number of nitrogens with zero attached hydrogens (tertiary/aromatic N) is 2. The van der Waals surface area contributed by atoms with E-state index in [2.05, 4.69) is 10.3 Å². The Morgan fingerprint density at radius 3 is 2.39 bits per heavy atom. The fraction of sp³-hybridized carbons (Fsp3) is 0.217. The molecule has 1 aromatic heterocycles. The molecule has 1 N–H and O–H groups in total. The summed E-state index contributed by atoms with van der Waals surface area (Å²) in [5.41, 5.74) is 1.12. The van der Waals surface area contributed by atoms with Gasteiger partial charge in [0.25, 0.3) is 0 Å². The highest BCUT2D eigenvalue weighted by molar-refractivity contribution is 5.90. The maximum absolute atomic E-state index is 13.9. The van der Waals surface area contributed by atoms with Crippen LogP contribution in [0.3, 0.4) is 0 Å². The SMILES string of the molecule is O=C(Nc1cccc(Oc2c(F)c(F)c(F)c(F)c2F)c1)N1CCCCC1c1cccnc1. The van der Waals surface area contributed by atoms with Crippen LogP contribution in [0.1, 0.15) is 30.9 Å². The fourth-order valence-electron chi connectivity index (χ4n) is 3.72. The van der Waals surface area contributed by atoms with Gasteiger partial charge in [0.05, 0.1) is 6.04 Å². The number of nitrogens with one attached hydrogen (secondary N) is 1. The van der Waals surface area contributed by atoms with Crippen molar-refractivity contribution in [3.05, 3.63) is 83.4 Å². The Kier molecular flexibility index (Phi) is 6.43. The van der Waals surface area contributed by atoms with Crippen molar-refractivity contribution in [2.24, 2.45) is 0 Å². The Morgan fingerprint density at radius 2 is 1.70 bits per heavy atom. The summed E-state index contributed by atoms with van der Waals surface area (Å²) in [6.07, 6.45) is 5.90. The number of hydrogen-bond donors (Lipinski definition) is 1. The first-order valence-corrected chi connectivity index (χ1v) is 10.1. The number of rotatable bonds is 4. The van der Waals surface area contributed by atoms with Gasteiger partial charge in [0.15, 0.2) is 0 Å². The molecule has 172 valence electrons. The molecule has 1 fully saturated rings. The Bertz CT molecular complexity index is 1150. The van der Waals surface area contributed by atoms with Crippen LogP contribution in [0, 0.1) is 29.1 Å². The minimum Gasteiger partial charge on any atom is -0.451 e. The summed E-state index contributed by atoms with van der Waals surface area (Å²) in [6.45, 7) is 0.520. The Morgan fingerprint density at radius 1 is 0.970 bits per heavy atom. The van der Waals surface area contributed by atoms with E-state index in [0.29, 0.717) is 6.54 Å². The first-order chi connectivity index (χ1) is 15.9. The standard InChI is InChI=1S/C23H18F5N3O2/c24-17-18(25)20(27)22(21(28)19(17)26)33-15-7-3-6-14(11-15)30-23(32)31-10-2-1-8-16(31)13-5-4-9-29-12-13/h3-7,9,11-12,16H,1-2,8,10H2,(H,30,32). The molecule has 1 atom stereocenters. The lowest BCUT2D eigenvalue weighted by Gasteiger charge is -2.35. The molecule has 0 aliphatic carbocycles. The van der Waals surface area contributed by atoms with Crippen molar-refractivity contribution < 1.29 is 31.5 Å². The molecule has 10 heteroatoms. The van der Waals surface area contributed by atoms with E-state index >= 15 is 0 Å². The van der Waals surface area contributed by atoms with Crippen LogP contribution in [0.5, 0.6) is 11.5 Å². The number of amides is 2. The topological polar surface area (TPSA) is 54.5 Å². The second-order valence-corrected chi connectivity index (χ2v) is 7.45. The molecule has 1 saturated heterocycles. The molecule has 1 aliphatic heterocycles. The molecule has 1 unspecified atom stereocenters. The van der Waals surface area contributed by atoms with Crippen molar-refractivity contribution in [3.63, 3.8) is 0 Å². The maximum Gasteiger partial charge on any atom is 0.322 e. The normalized spacial score (nSPS) is 15.9. The lowest BCUT2D eigenvalue weighted by Crippen LogP contribution is -2.41. The molecule has 2 heterocycles. The molecule has 0 saturated carbocycles. The van der Waals surface area contributed by atoms with Gasteiger partial charge < -0.3 is 15.0 Å². The van der Waals surface area contributed by atoms with Crippen LogP contribution < -0.4 is 10.1 Å². The highest BCUT2D eigenvalue weighted by atomic mass is 19.2. The summed E-state index contributed by atoms with van der Waals surface area (Å²) in [5, 5.41) is 2.69. The van der Waals surface area contributed by atoms with Crippen LogP contribution in [0.25, 0.3) is 0 Å². The van der Waals surface area contributed by atoms with Crippen molar-refractivity contribution in [1.29, 1.82) is 0 Å². The van der Waals surface area contributed by atoms with E-state index in [9.17, 15) is 26.7 Å². The van der Waals surface area contributed by atoms with Crippen molar-refractivity contribution in [3.8, 4) is 11.5 Å². The van der Waals surface area contributed by atoms with Gasteiger partial charge in [-0.3, -0.25) is 4.98 Å². The van der Waals surface area contributed by atoms with E-state index in [-0.39, 0.29) is 17.5 Å². The number of carbonyl (C=O) groups excluding carboxylic acids is 1. The maximum atomic E-state index is 13.9. The monoisotopic (exact) mass is 463 g/mol. The van der Waals surface area contributed by atoms with Crippen LogP contribution in [-0.4, -0.2) is 22.5 Å². The summed E-state index contributed by atoms with van der Waals surface area (Å²) in [7, 11) is 0. The summed E-state index contributed by atoms with van der Waals surface area (Å²) in [5.74, 6) is -12.3. The zero-order valence-electron chi connectivity index (χ0n) is 17.1. The summed E-state index contributed by atoms with van der Waals surface area (Å²) < 4.78 is 72.9. The zero-order valence-corrected chi connectivity index (χ0v) is 17.1. The van der Waals surface area contributed by atoms with Gasteiger partial charge in [-0.1, -0.05) is 12.1 Å². The molecule has 0 spiro atoms. The second kappa shape index (κ2) is 9.43. The van der Waals surface area contributed by atoms with Crippen LogP contribution in [0.2, 0.25) is 0 Å². The second-order valence-electron chi connectivity index (χ2n) is 7.45. The Balaban J connectivity index is 1.54. The third kappa shape index (κ3) is 4.59. The molecule has 0 bridgehead atoms. The van der Waals surface area contributed by atoms with Crippen molar-refractivity contribution in [2.45, 2.75) is 25.3 Å². The lowest BCUT2D eigenvalue weighted by atomic mass is 9.97. The first-order valence-electron chi connectivity index (χ1n) is 10.1. The smallest absolute Gasteiger partial charge is 0.322 e. The summed E-state index contributed by atoms with van der Waals surface area (Å²) in [4.78, 5) is 18.7. The molecule has 5 nitrogen and oxygen atoms in total. The molecule has 2 amide bonds. The van der Waals surface area contributed by atoms with E-state index in [1.807, 2.05) is 6.07 Å². The molecule has 1 aliphatic rings. The molecule has 0 radical (unpaired) electrons. The third-order valence-corrected chi connectivity index (χ3v) is 5.31. The largest absolute Gasteiger partial charge is 0.451 e. The van der Waals surface area contributed by atoms with Crippen LogP contribution in [-0.2, 0) is 0 Å². The van der Waals surface area contributed by atoms with Gasteiger partial charge in [0.2, 0.25) is 34.8 Å². The Hall–Kier alpha value is -3.69. The van der Waals surface area contributed by atoms with Crippen molar-refractivity contribution in [1.82, 2.24) is 9.88 Å².